The Kier molecular flexibility index (Phi) is 8.52. The van der Waals surface area contributed by atoms with Gasteiger partial charge in [0.05, 0.1) is 5.69 Å². The summed E-state index contributed by atoms with van der Waals surface area (Å²) in [6.07, 6.45) is 5.18. The minimum atomic E-state index is -0.940. The molecule has 4 N–H and O–H groups in total. The molecule has 10 heteroatoms. The molecule has 1 aromatic carbocycles. The van der Waals surface area contributed by atoms with Crippen molar-refractivity contribution in [2.75, 3.05) is 10.6 Å². The Morgan fingerprint density at radius 3 is 2.47 bits per heavy atom. The second-order valence-electron chi connectivity index (χ2n) is 10.8. The molecule has 0 spiro atoms. The van der Waals surface area contributed by atoms with Crippen molar-refractivity contribution in [1.82, 2.24) is 15.0 Å². The molecule has 38 heavy (non-hydrogen) atoms. The predicted molar refractivity (Wildman–Crippen MR) is 154 cm³/mol. The van der Waals surface area contributed by atoms with Gasteiger partial charge in [-0.1, -0.05) is 37.5 Å². The highest BCUT2D eigenvalue weighted by atomic mass is 32.1. The second kappa shape index (κ2) is 11.7. The van der Waals surface area contributed by atoms with E-state index < -0.39 is 17.5 Å². The largest absolute Gasteiger partial charge is 0.395 e. The smallest absolute Gasteiger partial charge is 0.273 e. The fraction of sp³-hybridized carbons (Fsp3) is 0.429. The van der Waals surface area contributed by atoms with E-state index in [2.05, 4.69) is 15.0 Å². The Labute approximate surface area is 231 Å². The van der Waals surface area contributed by atoms with Crippen LogP contribution in [0.25, 0.3) is 0 Å². The zero-order valence-corrected chi connectivity index (χ0v) is 23.9. The molecular formula is C28H35N5O3S2. The molecule has 1 aliphatic carbocycles. The number of nitrogens with two attached hydrogens (primary N) is 1. The van der Waals surface area contributed by atoms with Crippen LogP contribution in [-0.2, 0) is 4.79 Å². The van der Waals surface area contributed by atoms with Crippen molar-refractivity contribution in [3.8, 4) is 0 Å². The number of anilines is 2. The number of benzene rings is 1. The Balaban J connectivity index is 1.73. The molecule has 1 fully saturated rings. The number of nitrogens with one attached hydrogen (secondary N) is 2. The third-order valence-corrected chi connectivity index (χ3v) is 8.17. The van der Waals surface area contributed by atoms with Crippen LogP contribution >= 0.6 is 22.9 Å². The van der Waals surface area contributed by atoms with Crippen LogP contribution in [0.3, 0.4) is 0 Å². The number of carbonyl (C=O) groups is 3. The number of nitrogens with zero attached hydrogens (tertiary/aromatic N) is 2. The highest BCUT2D eigenvalue weighted by Crippen LogP contribution is 2.35. The fourth-order valence-electron chi connectivity index (χ4n) is 4.65. The number of amides is 3. The van der Waals surface area contributed by atoms with Gasteiger partial charge in [0, 0.05) is 22.1 Å². The topological polar surface area (TPSA) is 117 Å². The van der Waals surface area contributed by atoms with E-state index in [0.717, 1.165) is 42.8 Å². The lowest BCUT2D eigenvalue weighted by molar-refractivity contribution is -0.123. The number of nitrogen functional groups attached to an aromatic ring is 1. The minimum Gasteiger partial charge on any atom is -0.395 e. The average Bonchev–Trinajstić information content (AvgIpc) is 3.51. The van der Waals surface area contributed by atoms with E-state index in [4.69, 9.17) is 5.73 Å². The number of aryl methyl sites for hydroxylation is 1. The molecule has 1 atom stereocenters. The molecule has 2 heterocycles. The summed E-state index contributed by atoms with van der Waals surface area (Å²) in [5.41, 5.74) is 7.46. The summed E-state index contributed by atoms with van der Waals surface area (Å²) in [6.45, 7) is 7.62. The van der Waals surface area contributed by atoms with E-state index in [1.54, 1.807) is 6.07 Å². The highest BCUT2D eigenvalue weighted by Gasteiger charge is 2.38. The van der Waals surface area contributed by atoms with E-state index in [1.165, 1.54) is 22.7 Å². The van der Waals surface area contributed by atoms with Crippen LogP contribution in [0.1, 0.15) is 89.5 Å². The first-order valence-corrected chi connectivity index (χ1v) is 14.5. The maximum Gasteiger partial charge on any atom is 0.273 e. The Morgan fingerprint density at radius 1 is 1.11 bits per heavy atom. The van der Waals surface area contributed by atoms with Crippen LogP contribution in [0, 0.1) is 6.92 Å². The van der Waals surface area contributed by atoms with Gasteiger partial charge in [-0.2, -0.15) is 4.37 Å². The van der Waals surface area contributed by atoms with Crippen LogP contribution in [0.4, 0.5) is 11.4 Å². The summed E-state index contributed by atoms with van der Waals surface area (Å²) in [6, 6.07) is 10.3. The van der Waals surface area contributed by atoms with Gasteiger partial charge in [-0.3, -0.25) is 19.3 Å². The van der Waals surface area contributed by atoms with Crippen LogP contribution in [-0.4, -0.2) is 33.7 Å². The quantitative estimate of drug-likeness (QED) is 0.359. The monoisotopic (exact) mass is 553 g/mol. The molecule has 2 aromatic heterocycles. The standard InChI is InChI=1S/C28H35N5O3S2/c1-17-10-8-13-19(16-17)33(23(20-14-9-15-37-20)26(35)31-28(2,3)4)27(36)24-21(29)22(32-38-24)25(34)30-18-11-6-5-7-12-18/h8-10,13-16,18,23H,5-7,11-12,29H2,1-4H3,(H,30,34)(H,31,35). The molecule has 202 valence electrons. The summed E-state index contributed by atoms with van der Waals surface area (Å²) in [7, 11) is 0. The molecule has 4 rings (SSSR count). The third-order valence-electron chi connectivity index (χ3n) is 6.39. The lowest BCUT2D eigenvalue weighted by Gasteiger charge is -2.33. The van der Waals surface area contributed by atoms with Crippen molar-refractivity contribution in [1.29, 1.82) is 0 Å². The molecule has 0 aliphatic heterocycles. The van der Waals surface area contributed by atoms with Crippen molar-refractivity contribution >= 4 is 52.0 Å². The molecular weight excluding hydrogens is 518 g/mol. The maximum atomic E-state index is 14.2. The van der Waals surface area contributed by atoms with Crippen molar-refractivity contribution in [3.63, 3.8) is 0 Å². The zero-order chi connectivity index (χ0) is 27.4. The molecule has 1 unspecified atom stereocenters. The molecule has 1 aliphatic rings. The molecule has 8 nitrogen and oxygen atoms in total. The molecule has 0 saturated heterocycles. The van der Waals surface area contributed by atoms with E-state index in [-0.39, 0.29) is 34.1 Å². The second-order valence-corrected chi connectivity index (χ2v) is 12.5. The maximum absolute atomic E-state index is 14.2. The Bertz CT molecular complexity index is 1290. The summed E-state index contributed by atoms with van der Waals surface area (Å²) in [5, 5.41) is 7.93. The number of rotatable bonds is 7. The average molecular weight is 554 g/mol. The third kappa shape index (κ3) is 6.42. The van der Waals surface area contributed by atoms with Crippen molar-refractivity contribution in [2.24, 2.45) is 0 Å². The number of aromatic nitrogens is 1. The Hall–Kier alpha value is -3.24. The van der Waals surface area contributed by atoms with Crippen molar-refractivity contribution < 1.29 is 14.4 Å². The van der Waals surface area contributed by atoms with Crippen LogP contribution < -0.4 is 21.3 Å². The lowest BCUT2D eigenvalue weighted by Crippen LogP contribution is -2.49. The summed E-state index contributed by atoms with van der Waals surface area (Å²) in [4.78, 5) is 43.2. The van der Waals surface area contributed by atoms with Gasteiger partial charge in [0.25, 0.3) is 11.8 Å². The van der Waals surface area contributed by atoms with Gasteiger partial charge in [-0.25, -0.2) is 0 Å². The summed E-state index contributed by atoms with van der Waals surface area (Å²) in [5.74, 6) is -1.16. The number of thiophene rings is 1. The summed E-state index contributed by atoms with van der Waals surface area (Å²) < 4.78 is 4.28. The van der Waals surface area contributed by atoms with E-state index in [9.17, 15) is 14.4 Å². The highest BCUT2D eigenvalue weighted by molar-refractivity contribution is 7.10. The first kappa shape index (κ1) is 27.8. The molecule has 1 saturated carbocycles. The molecule has 3 aromatic rings. The zero-order valence-electron chi connectivity index (χ0n) is 22.2. The van der Waals surface area contributed by atoms with Crippen molar-refractivity contribution in [2.45, 2.75) is 77.4 Å². The fourth-order valence-corrected chi connectivity index (χ4v) is 6.19. The van der Waals surface area contributed by atoms with Gasteiger partial charge in [-0.05, 0) is 81.2 Å². The van der Waals surface area contributed by atoms with Crippen molar-refractivity contribution in [3.05, 3.63) is 62.8 Å². The van der Waals surface area contributed by atoms with Gasteiger partial charge in [-0.15, -0.1) is 11.3 Å². The molecule has 0 radical (unpaired) electrons. The van der Waals surface area contributed by atoms with Crippen LogP contribution in [0.15, 0.2) is 41.8 Å². The van der Waals surface area contributed by atoms with Gasteiger partial charge < -0.3 is 16.4 Å². The Morgan fingerprint density at radius 2 is 1.84 bits per heavy atom. The summed E-state index contributed by atoms with van der Waals surface area (Å²) >= 11 is 2.28. The molecule has 0 bridgehead atoms. The minimum absolute atomic E-state index is 0.0344. The number of hydrogen-bond acceptors (Lipinski definition) is 7. The van der Waals surface area contributed by atoms with Gasteiger partial charge >= 0.3 is 0 Å². The van der Waals surface area contributed by atoms with Gasteiger partial charge in [0.2, 0.25) is 5.91 Å². The number of carbonyl (C=O) groups excluding carboxylic acids is 3. The van der Waals surface area contributed by atoms with E-state index in [1.807, 2.05) is 63.4 Å². The molecule has 3 amide bonds. The lowest BCUT2D eigenvalue weighted by atomic mass is 9.95. The normalized spacial score (nSPS) is 15.1. The first-order valence-electron chi connectivity index (χ1n) is 12.9. The first-order chi connectivity index (χ1) is 18.0. The SMILES string of the molecule is Cc1cccc(N(C(=O)c2snc(C(=O)NC3CCCCC3)c2N)C(C(=O)NC(C)(C)C)c2cccs2)c1. The van der Waals surface area contributed by atoms with Crippen LogP contribution in [0.2, 0.25) is 0 Å². The predicted octanol–water partition coefficient (Wildman–Crippen LogP) is 5.46. The van der Waals surface area contributed by atoms with E-state index >= 15 is 0 Å². The van der Waals surface area contributed by atoms with Gasteiger partial charge in [0.15, 0.2) is 11.7 Å². The van der Waals surface area contributed by atoms with Crippen LogP contribution in [0.5, 0.6) is 0 Å². The number of hydrogen-bond donors (Lipinski definition) is 3. The van der Waals surface area contributed by atoms with Gasteiger partial charge in [0.1, 0.15) is 4.88 Å². The van der Waals surface area contributed by atoms with E-state index in [0.29, 0.717) is 10.6 Å².